The molecule has 0 radical (unpaired) electrons. The molecular weight excluding hydrogens is 429 g/mol. The molecule has 1 fully saturated rings. The smallest absolute Gasteiger partial charge is 0.326 e. The molecule has 0 saturated carbocycles. The third-order valence-electron chi connectivity index (χ3n) is 5.73. The van der Waals surface area contributed by atoms with Gasteiger partial charge in [-0.15, -0.1) is 0 Å². The molecule has 4 rings (SSSR count). The maximum atomic E-state index is 14.5. The van der Waals surface area contributed by atoms with Gasteiger partial charge in [-0.3, -0.25) is 9.36 Å². The SMILES string of the molecule is CCn1c(=O)[nH]c2cc(C=C3CCN(c4ccc(C(=O)NC)nc4F)CC3)ccc2c1=S. The summed E-state index contributed by atoms with van der Waals surface area (Å²) >= 11 is 5.45. The maximum Gasteiger partial charge on any atom is 0.326 e. The molecule has 7 nitrogen and oxygen atoms in total. The highest BCUT2D eigenvalue weighted by Crippen LogP contribution is 2.26. The van der Waals surface area contributed by atoms with Crippen LogP contribution in [0.2, 0.25) is 0 Å². The van der Waals surface area contributed by atoms with Gasteiger partial charge in [0.25, 0.3) is 5.91 Å². The van der Waals surface area contributed by atoms with Crippen LogP contribution in [-0.2, 0) is 6.54 Å². The molecule has 1 amide bonds. The van der Waals surface area contributed by atoms with Crippen LogP contribution in [0.1, 0.15) is 35.8 Å². The molecule has 3 aromatic rings. The summed E-state index contributed by atoms with van der Waals surface area (Å²) in [5.74, 6) is -1.05. The second kappa shape index (κ2) is 9.04. The summed E-state index contributed by atoms with van der Waals surface area (Å²) in [6.45, 7) is 3.72. The first kappa shape index (κ1) is 21.9. The van der Waals surface area contributed by atoms with E-state index in [2.05, 4.69) is 21.4 Å². The number of amides is 1. The predicted molar refractivity (Wildman–Crippen MR) is 126 cm³/mol. The van der Waals surface area contributed by atoms with Gasteiger partial charge < -0.3 is 15.2 Å². The summed E-state index contributed by atoms with van der Waals surface area (Å²) in [6, 6.07) is 9.02. The molecule has 0 atom stereocenters. The van der Waals surface area contributed by atoms with Gasteiger partial charge in [-0.05, 0) is 49.6 Å². The molecule has 32 heavy (non-hydrogen) atoms. The zero-order valence-electron chi connectivity index (χ0n) is 17.9. The molecule has 2 aromatic heterocycles. The van der Waals surface area contributed by atoms with Crippen LogP contribution in [0.4, 0.5) is 10.1 Å². The average molecular weight is 454 g/mol. The van der Waals surface area contributed by atoms with E-state index in [4.69, 9.17) is 12.2 Å². The lowest BCUT2D eigenvalue weighted by Crippen LogP contribution is -2.31. The number of nitrogens with zero attached hydrogens (tertiary/aromatic N) is 3. The first-order chi connectivity index (χ1) is 15.4. The molecule has 2 N–H and O–H groups in total. The van der Waals surface area contributed by atoms with Crippen molar-refractivity contribution in [2.24, 2.45) is 0 Å². The highest BCUT2D eigenvalue weighted by molar-refractivity contribution is 7.71. The summed E-state index contributed by atoms with van der Waals surface area (Å²) in [7, 11) is 1.49. The van der Waals surface area contributed by atoms with Gasteiger partial charge in [0.2, 0.25) is 5.95 Å². The zero-order valence-corrected chi connectivity index (χ0v) is 18.8. The van der Waals surface area contributed by atoms with Crippen LogP contribution in [0, 0.1) is 10.6 Å². The number of halogens is 1. The van der Waals surface area contributed by atoms with Crippen molar-refractivity contribution in [2.75, 3.05) is 25.0 Å². The lowest BCUT2D eigenvalue weighted by Gasteiger charge is -2.30. The number of aromatic nitrogens is 3. The number of carbonyl (C=O) groups excluding carboxylic acids is 1. The number of piperidine rings is 1. The molecule has 0 unspecified atom stereocenters. The normalized spacial score (nSPS) is 14.0. The highest BCUT2D eigenvalue weighted by atomic mass is 32.1. The number of benzene rings is 1. The van der Waals surface area contributed by atoms with Gasteiger partial charge >= 0.3 is 5.69 Å². The Labute approximate surface area is 189 Å². The summed E-state index contributed by atoms with van der Waals surface area (Å²) < 4.78 is 16.5. The topological polar surface area (TPSA) is 83.0 Å². The minimum atomic E-state index is -0.638. The van der Waals surface area contributed by atoms with Crippen molar-refractivity contribution in [3.8, 4) is 0 Å². The Morgan fingerprint density at radius 3 is 2.69 bits per heavy atom. The molecule has 166 valence electrons. The average Bonchev–Trinajstić information content (AvgIpc) is 2.79. The lowest BCUT2D eigenvalue weighted by atomic mass is 10.00. The van der Waals surface area contributed by atoms with Crippen LogP contribution in [0.15, 0.2) is 40.7 Å². The summed E-state index contributed by atoms with van der Waals surface area (Å²) in [4.78, 5) is 32.5. The van der Waals surface area contributed by atoms with E-state index in [-0.39, 0.29) is 11.4 Å². The fourth-order valence-corrected chi connectivity index (χ4v) is 4.37. The second-order valence-corrected chi connectivity index (χ2v) is 8.05. The molecule has 3 heterocycles. The molecule has 0 aliphatic carbocycles. The third kappa shape index (κ3) is 4.20. The summed E-state index contributed by atoms with van der Waals surface area (Å²) in [6.07, 6.45) is 3.67. The number of hydrogen-bond donors (Lipinski definition) is 2. The second-order valence-electron chi connectivity index (χ2n) is 7.66. The maximum absolute atomic E-state index is 14.5. The number of hydrogen-bond acceptors (Lipinski definition) is 5. The molecular formula is C23H24FN5O2S. The summed E-state index contributed by atoms with van der Waals surface area (Å²) in [5, 5.41) is 3.29. The van der Waals surface area contributed by atoms with Crippen molar-refractivity contribution in [1.82, 2.24) is 19.9 Å². The van der Waals surface area contributed by atoms with E-state index in [1.807, 2.05) is 30.0 Å². The Balaban J connectivity index is 1.51. The third-order valence-corrected chi connectivity index (χ3v) is 6.17. The summed E-state index contributed by atoms with van der Waals surface area (Å²) in [5.41, 5.74) is 3.22. The Hall–Kier alpha value is -3.33. The van der Waals surface area contributed by atoms with Gasteiger partial charge in [0, 0.05) is 32.1 Å². The number of pyridine rings is 1. The predicted octanol–water partition coefficient (Wildman–Crippen LogP) is 3.66. The number of carbonyl (C=O) groups is 1. The molecule has 1 aromatic carbocycles. The zero-order chi connectivity index (χ0) is 22.8. The molecule has 9 heteroatoms. The molecule has 1 aliphatic heterocycles. The van der Waals surface area contributed by atoms with Gasteiger partial charge in [-0.1, -0.05) is 29.9 Å². The Kier molecular flexibility index (Phi) is 6.18. The van der Waals surface area contributed by atoms with Crippen LogP contribution in [0.3, 0.4) is 0 Å². The van der Waals surface area contributed by atoms with Crippen LogP contribution < -0.4 is 15.9 Å². The minimum absolute atomic E-state index is 0.0624. The van der Waals surface area contributed by atoms with Gasteiger partial charge in [0.05, 0.1) is 11.2 Å². The van der Waals surface area contributed by atoms with Gasteiger partial charge in [-0.2, -0.15) is 4.39 Å². The monoisotopic (exact) mass is 453 g/mol. The van der Waals surface area contributed by atoms with E-state index in [0.717, 1.165) is 29.3 Å². The minimum Gasteiger partial charge on any atom is -0.367 e. The quantitative estimate of drug-likeness (QED) is 0.465. The van der Waals surface area contributed by atoms with Crippen molar-refractivity contribution in [2.45, 2.75) is 26.3 Å². The molecule has 1 aliphatic rings. The molecule has 1 saturated heterocycles. The van der Waals surface area contributed by atoms with Gasteiger partial charge in [0.15, 0.2) is 0 Å². The van der Waals surface area contributed by atoms with Crippen LogP contribution in [-0.4, -0.2) is 40.6 Å². The molecule has 0 spiro atoms. The van der Waals surface area contributed by atoms with Crippen LogP contribution >= 0.6 is 12.2 Å². The Bertz CT molecular complexity index is 1330. The number of anilines is 1. The fourth-order valence-electron chi connectivity index (χ4n) is 3.98. The number of aromatic amines is 1. The number of H-pyrrole nitrogens is 1. The van der Waals surface area contributed by atoms with Crippen molar-refractivity contribution >= 4 is 40.8 Å². The Morgan fingerprint density at radius 2 is 2.03 bits per heavy atom. The first-order valence-corrected chi connectivity index (χ1v) is 10.9. The van der Waals surface area contributed by atoms with E-state index < -0.39 is 11.9 Å². The van der Waals surface area contributed by atoms with E-state index in [0.29, 0.717) is 30.0 Å². The van der Waals surface area contributed by atoms with E-state index >= 15 is 0 Å². The van der Waals surface area contributed by atoms with E-state index in [9.17, 15) is 14.0 Å². The molecule has 0 bridgehead atoms. The highest BCUT2D eigenvalue weighted by Gasteiger charge is 2.19. The van der Waals surface area contributed by atoms with Crippen molar-refractivity contribution in [3.05, 3.63) is 68.2 Å². The van der Waals surface area contributed by atoms with Crippen LogP contribution in [0.25, 0.3) is 17.0 Å². The van der Waals surface area contributed by atoms with Crippen LogP contribution in [0.5, 0.6) is 0 Å². The fraction of sp³-hybridized carbons (Fsp3) is 0.304. The van der Waals surface area contributed by atoms with E-state index in [1.165, 1.54) is 18.7 Å². The number of fused-ring (bicyclic) bond motifs is 1. The van der Waals surface area contributed by atoms with Crippen molar-refractivity contribution in [3.63, 3.8) is 0 Å². The standard InChI is InChI=1S/C23H24FN5O2S/c1-3-29-22(32)16-5-4-15(13-18(16)27-23(29)31)12-14-8-10-28(11-9-14)19-7-6-17(21(30)25-2)26-20(19)24/h4-7,12-13H,3,8-11H2,1-2H3,(H,25,30)(H,27,31). The lowest BCUT2D eigenvalue weighted by molar-refractivity contribution is 0.0957. The van der Waals surface area contributed by atoms with Crippen molar-refractivity contribution in [1.29, 1.82) is 0 Å². The number of nitrogens with one attached hydrogen (secondary N) is 2. The van der Waals surface area contributed by atoms with E-state index in [1.54, 1.807) is 10.6 Å². The van der Waals surface area contributed by atoms with Gasteiger partial charge in [0.1, 0.15) is 10.3 Å². The van der Waals surface area contributed by atoms with Crippen molar-refractivity contribution < 1.29 is 9.18 Å². The van der Waals surface area contributed by atoms with Gasteiger partial charge in [-0.25, -0.2) is 9.78 Å². The largest absolute Gasteiger partial charge is 0.367 e. The first-order valence-electron chi connectivity index (χ1n) is 10.5. The Morgan fingerprint density at radius 1 is 1.28 bits per heavy atom. The number of rotatable bonds is 4.